The molecule has 7 heteroatoms. The van der Waals surface area contributed by atoms with Crippen LogP contribution < -0.4 is 11.1 Å². The summed E-state index contributed by atoms with van der Waals surface area (Å²) in [6.07, 6.45) is 6.99. The van der Waals surface area contributed by atoms with Crippen molar-refractivity contribution in [1.29, 1.82) is 0 Å². The summed E-state index contributed by atoms with van der Waals surface area (Å²) in [5.41, 5.74) is 6.34. The molecule has 0 saturated carbocycles. The summed E-state index contributed by atoms with van der Waals surface area (Å²) in [7, 11) is 0. The van der Waals surface area contributed by atoms with Crippen LogP contribution in [0.4, 0.5) is 0 Å². The number of nitrogens with one attached hydrogen (secondary N) is 1. The average Bonchev–Trinajstić information content (AvgIpc) is 2.83. The number of nitrogens with two attached hydrogens (primary N) is 1. The molecule has 0 spiro atoms. The van der Waals surface area contributed by atoms with Crippen LogP contribution in [0.15, 0.2) is 18.7 Å². The lowest BCUT2D eigenvalue weighted by atomic mass is 10.2. The lowest BCUT2D eigenvalue weighted by Crippen LogP contribution is -2.26. The highest BCUT2D eigenvalue weighted by molar-refractivity contribution is 5.75. The third-order valence-electron chi connectivity index (χ3n) is 2.53. The van der Waals surface area contributed by atoms with Gasteiger partial charge in [0.25, 0.3) is 5.78 Å². The predicted molar refractivity (Wildman–Crippen MR) is 65.8 cm³/mol. The lowest BCUT2D eigenvalue weighted by Gasteiger charge is -2.04. The molecule has 0 fully saturated rings. The Morgan fingerprint density at radius 3 is 3.17 bits per heavy atom. The van der Waals surface area contributed by atoms with Crippen LogP contribution in [0.25, 0.3) is 5.78 Å². The van der Waals surface area contributed by atoms with Gasteiger partial charge in [0.15, 0.2) is 0 Å². The van der Waals surface area contributed by atoms with Gasteiger partial charge in [-0.1, -0.05) is 0 Å². The number of nitrogens with zero attached hydrogens (tertiary/aromatic N) is 4. The Morgan fingerprint density at radius 2 is 2.33 bits per heavy atom. The van der Waals surface area contributed by atoms with Gasteiger partial charge >= 0.3 is 0 Å². The summed E-state index contributed by atoms with van der Waals surface area (Å²) in [6, 6.07) is 0. The fourth-order valence-electron chi connectivity index (χ4n) is 1.58. The summed E-state index contributed by atoms with van der Waals surface area (Å²) < 4.78 is 1.62. The summed E-state index contributed by atoms with van der Waals surface area (Å²) in [5, 5.41) is 6.85. The molecule has 2 heterocycles. The van der Waals surface area contributed by atoms with Crippen molar-refractivity contribution in [1.82, 2.24) is 24.9 Å². The molecule has 1 amide bonds. The number of hydrogen-bond donors (Lipinski definition) is 2. The maximum atomic E-state index is 11.4. The Bertz CT molecular complexity index is 523. The van der Waals surface area contributed by atoms with Crippen molar-refractivity contribution in [2.45, 2.75) is 19.3 Å². The molecule has 3 N–H and O–H groups in total. The lowest BCUT2D eigenvalue weighted by molar-refractivity contribution is -0.121. The van der Waals surface area contributed by atoms with E-state index in [1.165, 1.54) is 6.33 Å². The number of carbonyl (C=O) groups is 1. The molecule has 0 aromatic carbocycles. The first-order chi connectivity index (χ1) is 8.79. The van der Waals surface area contributed by atoms with Crippen molar-refractivity contribution < 1.29 is 4.79 Å². The van der Waals surface area contributed by atoms with E-state index in [2.05, 4.69) is 20.4 Å². The second-order valence-corrected chi connectivity index (χ2v) is 3.96. The van der Waals surface area contributed by atoms with Crippen molar-refractivity contribution in [2.24, 2.45) is 5.73 Å². The topological polar surface area (TPSA) is 98.2 Å². The number of amides is 1. The highest BCUT2D eigenvalue weighted by Crippen LogP contribution is 1.99. The third kappa shape index (κ3) is 3.24. The summed E-state index contributed by atoms with van der Waals surface area (Å²) in [6.45, 7) is 1.13. The van der Waals surface area contributed by atoms with Crippen LogP contribution in [0.5, 0.6) is 0 Å². The molecule has 2 aromatic heterocycles. The first-order valence-electron chi connectivity index (χ1n) is 5.90. The summed E-state index contributed by atoms with van der Waals surface area (Å²) in [5.74, 6) is 0.612. The van der Waals surface area contributed by atoms with Gasteiger partial charge in [-0.2, -0.15) is 10.1 Å². The fourth-order valence-corrected chi connectivity index (χ4v) is 1.58. The predicted octanol–water partition coefficient (Wildman–Crippen LogP) is -0.478. The molecule has 0 aliphatic rings. The smallest absolute Gasteiger partial charge is 0.252 e. The van der Waals surface area contributed by atoms with Gasteiger partial charge in [0.2, 0.25) is 5.91 Å². The zero-order chi connectivity index (χ0) is 12.8. The Balaban J connectivity index is 1.81. The van der Waals surface area contributed by atoms with Gasteiger partial charge in [0.1, 0.15) is 6.33 Å². The summed E-state index contributed by atoms with van der Waals surface area (Å²) >= 11 is 0. The Labute approximate surface area is 104 Å². The monoisotopic (exact) mass is 248 g/mol. The highest BCUT2D eigenvalue weighted by Gasteiger charge is 2.02. The van der Waals surface area contributed by atoms with Gasteiger partial charge in [0.05, 0.1) is 0 Å². The minimum Gasteiger partial charge on any atom is -0.356 e. The Hall–Kier alpha value is -2.02. The molecule has 0 saturated heterocycles. The molecule has 0 aliphatic heterocycles. The molecule has 0 aliphatic carbocycles. The second kappa shape index (κ2) is 6.06. The first-order valence-corrected chi connectivity index (χ1v) is 5.90. The van der Waals surface area contributed by atoms with Gasteiger partial charge in [-0.3, -0.25) is 4.79 Å². The first kappa shape index (κ1) is 12.4. The standard InChI is InChI=1S/C11H16N6O/c12-4-1-2-10(18)13-5-3-9-6-14-11-15-8-16-17(11)7-9/h6-8H,1-5,12H2,(H,13,18). The second-order valence-electron chi connectivity index (χ2n) is 3.96. The molecule has 96 valence electrons. The van der Waals surface area contributed by atoms with E-state index in [9.17, 15) is 4.79 Å². The maximum Gasteiger partial charge on any atom is 0.252 e. The van der Waals surface area contributed by atoms with E-state index < -0.39 is 0 Å². The van der Waals surface area contributed by atoms with Gasteiger partial charge in [0, 0.05) is 25.4 Å². The zero-order valence-corrected chi connectivity index (χ0v) is 10.0. The van der Waals surface area contributed by atoms with E-state index in [0.717, 1.165) is 18.4 Å². The largest absolute Gasteiger partial charge is 0.356 e. The molecular formula is C11H16N6O. The van der Waals surface area contributed by atoms with Crippen LogP contribution in [0.2, 0.25) is 0 Å². The Morgan fingerprint density at radius 1 is 1.44 bits per heavy atom. The number of hydrogen-bond acceptors (Lipinski definition) is 5. The minimum absolute atomic E-state index is 0.0373. The van der Waals surface area contributed by atoms with Gasteiger partial charge in [-0.15, -0.1) is 0 Å². The number of rotatable bonds is 6. The van der Waals surface area contributed by atoms with E-state index in [1.54, 1.807) is 10.7 Å². The normalized spacial score (nSPS) is 10.7. The molecule has 0 bridgehead atoms. The van der Waals surface area contributed by atoms with Crippen molar-refractivity contribution in [3.63, 3.8) is 0 Å². The average molecular weight is 248 g/mol. The van der Waals surface area contributed by atoms with Crippen LogP contribution in [0.3, 0.4) is 0 Å². The highest BCUT2D eigenvalue weighted by atomic mass is 16.1. The molecular weight excluding hydrogens is 232 g/mol. The molecule has 0 radical (unpaired) electrons. The van der Waals surface area contributed by atoms with Crippen molar-refractivity contribution in [3.05, 3.63) is 24.3 Å². The zero-order valence-electron chi connectivity index (χ0n) is 10.0. The van der Waals surface area contributed by atoms with Crippen LogP contribution in [-0.2, 0) is 11.2 Å². The van der Waals surface area contributed by atoms with Crippen LogP contribution in [-0.4, -0.2) is 38.6 Å². The van der Waals surface area contributed by atoms with Crippen LogP contribution >= 0.6 is 0 Å². The molecule has 2 rings (SSSR count). The van der Waals surface area contributed by atoms with Crippen molar-refractivity contribution in [2.75, 3.05) is 13.1 Å². The number of aromatic nitrogens is 4. The number of carbonyl (C=O) groups excluding carboxylic acids is 1. The Kier molecular flexibility index (Phi) is 4.19. The summed E-state index contributed by atoms with van der Waals surface area (Å²) in [4.78, 5) is 19.5. The third-order valence-corrected chi connectivity index (χ3v) is 2.53. The van der Waals surface area contributed by atoms with Crippen LogP contribution in [0.1, 0.15) is 18.4 Å². The molecule has 0 atom stereocenters. The van der Waals surface area contributed by atoms with E-state index in [1.807, 2.05) is 6.20 Å². The van der Waals surface area contributed by atoms with Crippen LogP contribution in [0, 0.1) is 0 Å². The van der Waals surface area contributed by atoms with E-state index in [-0.39, 0.29) is 5.91 Å². The molecule has 2 aromatic rings. The van der Waals surface area contributed by atoms with Gasteiger partial charge in [-0.05, 0) is 24.9 Å². The molecule has 0 unspecified atom stereocenters. The van der Waals surface area contributed by atoms with E-state index >= 15 is 0 Å². The molecule has 7 nitrogen and oxygen atoms in total. The van der Waals surface area contributed by atoms with Crippen molar-refractivity contribution in [3.8, 4) is 0 Å². The molecule has 18 heavy (non-hydrogen) atoms. The fraction of sp³-hybridized carbons (Fsp3) is 0.455. The van der Waals surface area contributed by atoms with Crippen molar-refractivity contribution >= 4 is 11.7 Å². The SMILES string of the molecule is NCCCC(=O)NCCc1cnc2ncnn2c1. The maximum absolute atomic E-state index is 11.4. The van der Waals surface area contributed by atoms with Gasteiger partial charge in [-0.25, -0.2) is 9.50 Å². The quantitative estimate of drug-likeness (QED) is 0.719. The number of fused-ring (bicyclic) bond motifs is 1. The minimum atomic E-state index is 0.0373. The van der Waals surface area contributed by atoms with E-state index in [0.29, 0.717) is 25.3 Å². The van der Waals surface area contributed by atoms with E-state index in [4.69, 9.17) is 5.73 Å². The van der Waals surface area contributed by atoms with Gasteiger partial charge < -0.3 is 11.1 Å².